The highest BCUT2D eigenvalue weighted by Crippen LogP contribution is 2.44. The minimum atomic E-state index is -4.48. The number of phosphoric acid groups is 2. The number of hydrogen-bond acceptors (Lipinski definition) is 16. The highest BCUT2D eigenvalue weighted by Gasteiger charge is 2.37. The van der Waals surface area contributed by atoms with Crippen molar-refractivity contribution in [2.45, 2.75) is 96.0 Å². The van der Waals surface area contributed by atoms with Crippen molar-refractivity contribution < 1.29 is 70.5 Å². The van der Waals surface area contributed by atoms with Crippen LogP contribution in [0.3, 0.4) is 0 Å². The maximum Gasteiger partial charge on any atom is 0.472 e. The van der Waals surface area contributed by atoms with E-state index in [0.29, 0.717) is 39.5 Å². The van der Waals surface area contributed by atoms with Crippen molar-refractivity contribution in [3.05, 3.63) is 32.6 Å². The lowest BCUT2D eigenvalue weighted by Crippen LogP contribution is -2.33. The van der Waals surface area contributed by atoms with Crippen LogP contribution < -0.4 is 17.0 Å². The highest BCUT2D eigenvalue weighted by molar-refractivity contribution is 7.47. The number of nitrogens with two attached hydrogens (primary N) is 1. The molecule has 1 saturated heterocycles. The second kappa shape index (κ2) is 30.6. The number of aliphatic hydroxyl groups is 1. The van der Waals surface area contributed by atoms with E-state index in [1.165, 1.54) is 45.2 Å². The molecule has 328 valence electrons. The Bertz CT molecular complexity index is 1370. The average Bonchev–Trinajstić information content (AvgIpc) is 3.53. The number of hydrogen-bond donors (Lipinski definition) is 5. The fourth-order valence-corrected chi connectivity index (χ4v) is 6.78. The van der Waals surface area contributed by atoms with Crippen molar-refractivity contribution in [1.29, 1.82) is 0 Å². The van der Waals surface area contributed by atoms with E-state index >= 15 is 0 Å². The van der Waals surface area contributed by atoms with Gasteiger partial charge in [-0.25, -0.2) is 13.9 Å². The lowest BCUT2D eigenvalue weighted by Gasteiger charge is -2.18. The maximum atomic E-state index is 12.2. The first-order valence-electron chi connectivity index (χ1n) is 19.4. The number of aromatic amines is 1. The summed E-state index contributed by atoms with van der Waals surface area (Å²) in [5.74, 6) is 0. The zero-order valence-corrected chi connectivity index (χ0v) is 34.5. The molecule has 1 aromatic rings. The number of H-pyrrole nitrogens is 1. The number of phosphoric ester groups is 2. The van der Waals surface area contributed by atoms with Crippen LogP contribution in [0.5, 0.6) is 0 Å². The van der Waals surface area contributed by atoms with Gasteiger partial charge in [0, 0.05) is 18.2 Å². The Kier molecular flexibility index (Phi) is 27.7. The Morgan fingerprint density at radius 1 is 0.679 bits per heavy atom. The number of aromatic nitrogens is 2. The summed E-state index contributed by atoms with van der Waals surface area (Å²) in [4.78, 5) is 45.5. The molecular formula is C34H65N3O17P2. The molecule has 6 N–H and O–H groups in total. The van der Waals surface area contributed by atoms with E-state index in [0.717, 1.165) is 36.8 Å². The van der Waals surface area contributed by atoms with E-state index in [1.807, 2.05) is 0 Å². The molecule has 2 unspecified atom stereocenters. The Morgan fingerprint density at radius 3 is 1.57 bits per heavy atom. The summed E-state index contributed by atoms with van der Waals surface area (Å²) in [6, 6.07) is 0. The molecule has 56 heavy (non-hydrogen) atoms. The van der Waals surface area contributed by atoms with Gasteiger partial charge in [0.15, 0.2) is 0 Å². The van der Waals surface area contributed by atoms with E-state index < -0.39 is 51.9 Å². The van der Waals surface area contributed by atoms with Gasteiger partial charge in [0.2, 0.25) is 0 Å². The summed E-state index contributed by atoms with van der Waals surface area (Å²) >= 11 is 0. The smallest absolute Gasteiger partial charge is 0.390 e. The molecule has 0 saturated carbocycles. The predicted molar refractivity (Wildman–Crippen MR) is 203 cm³/mol. The molecule has 0 bridgehead atoms. The van der Waals surface area contributed by atoms with E-state index in [4.69, 9.17) is 52.2 Å². The van der Waals surface area contributed by atoms with E-state index in [2.05, 4.69) is 4.98 Å². The van der Waals surface area contributed by atoms with Gasteiger partial charge in [-0.3, -0.25) is 32.4 Å². The van der Waals surface area contributed by atoms with Gasteiger partial charge >= 0.3 is 21.3 Å². The van der Waals surface area contributed by atoms with Crippen molar-refractivity contribution in [3.63, 3.8) is 0 Å². The fraction of sp³-hybridized carbons (Fsp3) is 0.882. The third-order valence-electron chi connectivity index (χ3n) is 8.37. The summed E-state index contributed by atoms with van der Waals surface area (Å²) in [7, 11) is -8.56. The molecule has 0 spiro atoms. The molecular weight excluding hydrogens is 784 g/mol. The van der Waals surface area contributed by atoms with Gasteiger partial charge < -0.3 is 49.0 Å². The number of ether oxygens (including phenoxy) is 6. The molecule has 1 aliphatic rings. The van der Waals surface area contributed by atoms with Crippen molar-refractivity contribution in [2.24, 2.45) is 5.73 Å². The van der Waals surface area contributed by atoms with Crippen molar-refractivity contribution in [1.82, 2.24) is 9.55 Å². The molecule has 0 aromatic carbocycles. The highest BCUT2D eigenvalue weighted by atomic mass is 31.2. The van der Waals surface area contributed by atoms with Crippen LogP contribution in [0.4, 0.5) is 0 Å². The average molecular weight is 850 g/mol. The number of rotatable bonds is 37. The molecule has 22 heteroatoms. The Hall–Kier alpha value is -1.42. The summed E-state index contributed by atoms with van der Waals surface area (Å²) < 4.78 is 77.5. The third kappa shape index (κ3) is 24.5. The molecule has 0 amide bonds. The first kappa shape index (κ1) is 50.7. The molecule has 2 heterocycles. The minimum Gasteiger partial charge on any atom is -0.390 e. The van der Waals surface area contributed by atoms with E-state index in [1.54, 1.807) is 0 Å². The summed E-state index contributed by atoms with van der Waals surface area (Å²) in [6.07, 6.45) is 9.53. The lowest BCUT2D eigenvalue weighted by atomic mass is 10.1. The summed E-state index contributed by atoms with van der Waals surface area (Å²) in [5.41, 5.74) is 4.55. The summed E-state index contributed by atoms with van der Waals surface area (Å²) in [5, 5.41) is 10.3. The van der Waals surface area contributed by atoms with E-state index in [9.17, 15) is 33.6 Å². The lowest BCUT2D eigenvalue weighted by molar-refractivity contribution is -0.0476. The van der Waals surface area contributed by atoms with Crippen molar-refractivity contribution >= 4 is 15.6 Å². The Labute approximate surface area is 328 Å². The molecule has 5 atom stereocenters. The number of nitrogens with one attached hydrogen (secondary N) is 1. The Balaban J connectivity index is 1.31. The van der Waals surface area contributed by atoms with Crippen LogP contribution in [0.25, 0.3) is 0 Å². The second-order valence-corrected chi connectivity index (χ2v) is 15.9. The number of nitrogens with zero attached hydrogens (tertiary/aromatic N) is 1. The van der Waals surface area contributed by atoms with Crippen molar-refractivity contribution in [2.75, 3.05) is 99.0 Å². The molecule has 1 aromatic heterocycles. The minimum absolute atomic E-state index is 0.00482. The van der Waals surface area contributed by atoms with Crippen LogP contribution in [0.15, 0.2) is 15.8 Å². The van der Waals surface area contributed by atoms with Gasteiger partial charge in [0.25, 0.3) is 5.56 Å². The molecule has 1 aliphatic heterocycles. The second-order valence-electron chi connectivity index (χ2n) is 13.0. The standard InChI is InChI=1S/C34H65N3O17P2/c1-29-27-37(34(40)36-33(29)39)32-26-30(38)31(54-32)28-53-56(43,44)52-25-23-49-21-19-47-17-15-45-14-16-46-18-20-48-22-24-51-55(41,42)50-13-11-9-7-5-3-2-4-6-8-10-12-35/h27,30-32,38H,2-26,28,35H2,1H3,(H,41,42)(H,43,44)(H,36,39,40)/t30-,31+,32+/m0/s1. The number of unbranched alkanes of at least 4 members (excludes halogenated alkanes) is 9. The van der Waals surface area contributed by atoms with Gasteiger partial charge in [0.1, 0.15) is 12.3 Å². The topological polar surface area (TPSA) is 268 Å². The molecule has 0 aliphatic carbocycles. The summed E-state index contributed by atoms with van der Waals surface area (Å²) in [6.45, 7) is 4.26. The van der Waals surface area contributed by atoms with Crippen LogP contribution in [-0.4, -0.2) is 136 Å². The third-order valence-corrected chi connectivity index (χ3v) is 10.4. The molecule has 0 radical (unpaired) electrons. The molecule has 2 rings (SSSR count). The SMILES string of the molecule is Cc1cn([C@H]2C[C@H](O)[C@@H](COP(=O)(O)OCCOCCOCCOCCOCCOCCOP(=O)(O)OCCCCCCCCCCCCN)O2)c(=O)[nH]c1=O. The van der Waals surface area contributed by atoms with Gasteiger partial charge in [0.05, 0.1) is 98.6 Å². The van der Waals surface area contributed by atoms with Crippen LogP contribution in [0.1, 0.15) is 82.4 Å². The van der Waals surface area contributed by atoms with Gasteiger partial charge in [-0.2, -0.15) is 0 Å². The van der Waals surface area contributed by atoms with Gasteiger partial charge in [-0.05, 0) is 26.3 Å². The van der Waals surface area contributed by atoms with Crippen LogP contribution in [0, 0.1) is 6.92 Å². The maximum absolute atomic E-state index is 12.2. The molecule has 1 fully saturated rings. The first-order chi connectivity index (χ1) is 26.9. The van der Waals surface area contributed by atoms with Crippen LogP contribution in [0.2, 0.25) is 0 Å². The van der Waals surface area contributed by atoms with Gasteiger partial charge in [-0.15, -0.1) is 0 Å². The Morgan fingerprint density at radius 2 is 1.09 bits per heavy atom. The zero-order valence-electron chi connectivity index (χ0n) is 32.7. The van der Waals surface area contributed by atoms with Crippen LogP contribution >= 0.6 is 15.6 Å². The van der Waals surface area contributed by atoms with E-state index in [-0.39, 0.29) is 64.8 Å². The number of aliphatic hydroxyl groups excluding tert-OH is 1. The zero-order chi connectivity index (χ0) is 40.9. The quantitative estimate of drug-likeness (QED) is 0.0476. The van der Waals surface area contributed by atoms with Crippen LogP contribution in [-0.2, 0) is 55.6 Å². The number of aryl methyl sites for hydroxylation is 1. The van der Waals surface area contributed by atoms with Gasteiger partial charge in [-0.1, -0.05) is 51.4 Å². The first-order valence-corrected chi connectivity index (χ1v) is 22.4. The largest absolute Gasteiger partial charge is 0.472 e. The van der Waals surface area contributed by atoms with Crippen molar-refractivity contribution in [3.8, 4) is 0 Å². The normalized spacial score (nSPS) is 19.3. The molecule has 20 nitrogen and oxygen atoms in total. The monoisotopic (exact) mass is 849 g/mol. The predicted octanol–water partition coefficient (Wildman–Crippen LogP) is 2.70. The fourth-order valence-electron chi connectivity index (χ4n) is 5.32.